The van der Waals surface area contributed by atoms with Gasteiger partial charge in [0.15, 0.2) is 5.78 Å². The van der Waals surface area contributed by atoms with E-state index in [9.17, 15) is 4.79 Å². The fraction of sp³-hybridized carbons (Fsp3) is 0.250. The summed E-state index contributed by atoms with van der Waals surface area (Å²) in [4.78, 5) is 15.8. The van der Waals surface area contributed by atoms with Gasteiger partial charge in [-0.15, -0.1) is 0 Å². The second kappa shape index (κ2) is 5.65. The van der Waals surface area contributed by atoms with Crippen molar-refractivity contribution in [2.45, 2.75) is 26.9 Å². The van der Waals surface area contributed by atoms with Gasteiger partial charge in [-0.1, -0.05) is 12.1 Å². The molecule has 0 amide bonds. The van der Waals surface area contributed by atoms with Gasteiger partial charge in [-0.3, -0.25) is 9.78 Å². The van der Waals surface area contributed by atoms with E-state index in [4.69, 9.17) is 4.74 Å². The number of hydrogen-bond donors (Lipinski definition) is 0. The number of nitrogens with zero attached hydrogens (tertiary/aromatic N) is 1. The average Bonchev–Trinajstić information content (AvgIpc) is 2.39. The highest BCUT2D eigenvalue weighted by Gasteiger charge is 2.11. The third-order valence-electron chi connectivity index (χ3n) is 2.72. The molecule has 0 aliphatic carbocycles. The molecule has 0 atom stereocenters. The van der Waals surface area contributed by atoms with Crippen molar-refractivity contribution in [3.05, 3.63) is 48.3 Å². The second-order valence-corrected chi connectivity index (χ2v) is 4.68. The van der Waals surface area contributed by atoms with E-state index in [0.717, 1.165) is 11.1 Å². The molecule has 0 unspecified atom stereocenters. The summed E-state index contributed by atoms with van der Waals surface area (Å²) < 4.78 is 5.66. The molecule has 0 aliphatic rings. The summed E-state index contributed by atoms with van der Waals surface area (Å²) in [5.41, 5.74) is 2.56. The molecule has 0 fully saturated rings. The molecule has 1 aromatic heterocycles. The monoisotopic (exact) mass is 255 g/mol. The first-order valence-electron chi connectivity index (χ1n) is 6.30. The molecule has 0 N–H and O–H groups in total. The number of aromatic nitrogens is 1. The average molecular weight is 255 g/mol. The minimum Gasteiger partial charge on any atom is -0.490 e. The molecule has 3 nitrogen and oxygen atoms in total. The van der Waals surface area contributed by atoms with Crippen molar-refractivity contribution in [1.82, 2.24) is 4.98 Å². The maximum absolute atomic E-state index is 11.7. The van der Waals surface area contributed by atoms with Gasteiger partial charge >= 0.3 is 0 Å². The quantitative estimate of drug-likeness (QED) is 0.781. The predicted octanol–water partition coefficient (Wildman–Crippen LogP) is 3.74. The van der Waals surface area contributed by atoms with Gasteiger partial charge in [0, 0.05) is 18.0 Å². The Labute approximate surface area is 113 Å². The third kappa shape index (κ3) is 3.19. The Hall–Kier alpha value is -2.16. The minimum atomic E-state index is 0.00129. The predicted molar refractivity (Wildman–Crippen MR) is 75.4 cm³/mol. The van der Waals surface area contributed by atoms with Crippen LogP contribution in [0.3, 0.4) is 0 Å². The van der Waals surface area contributed by atoms with Gasteiger partial charge < -0.3 is 4.74 Å². The van der Waals surface area contributed by atoms with Crippen molar-refractivity contribution in [2.75, 3.05) is 0 Å². The molecule has 19 heavy (non-hydrogen) atoms. The van der Waals surface area contributed by atoms with Crippen molar-refractivity contribution < 1.29 is 9.53 Å². The highest BCUT2D eigenvalue weighted by atomic mass is 16.5. The van der Waals surface area contributed by atoms with E-state index in [1.807, 2.05) is 44.2 Å². The van der Waals surface area contributed by atoms with Gasteiger partial charge in [0.05, 0.1) is 11.7 Å². The van der Waals surface area contributed by atoms with Gasteiger partial charge in [-0.05, 0) is 44.5 Å². The van der Waals surface area contributed by atoms with Crippen molar-refractivity contribution in [3.8, 4) is 16.9 Å². The maximum atomic E-state index is 11.7. The molecule has 0 aliphatic heterocycles. The molecule has 0 spiro atoms. The summed E-state index contributed by atoms with van der Waals surface area (Å²) in [7, 11) is 0. The number of pyridine rings is 1. The lowest BCUT2D eigenvalue weighted by Gasteiger charge is -2.14. The van der Waals surface area contributed by atoms with Crippen molar-refractivity contribution >= 4 is 5.78 Å². The lowest BCUT2D eigenvalue weighted by atomic mass is 10.0. The third-order valence-corrected chi connectivity index (χ3v) is 2.72. The summed E-state index contributed by atoms with van der Waals surface area (Å²) in [5.74, 6) is 0.636. The van der Waals surface area contributed by atoms with Gasteiger partial charge in [-0.25, -0.2) is 0 Å². The van der Waals surface area contributed by atoms with Crippen LogP contribution in [-0.4, -0.2) is 16.9 Å². The van der Waals surface area contributed by atoms with Gasteiger partial charge in [0.25, 0.3) is 0 Å². The smallest absolute Gasteiger partial charge is 0.163 e. The number of Topliss-reactive ketones (excluding diaryl/α,β-unsaturated/α-hetero) is 1. The van der Waals surface area contributed by atoms with E-state index < -0.39 is 0 Å². The van der Waals surface area contributed by atoms with E-state index in [-0.39, 0.29) is 11.9 Å². The molecule has 3 heteroatoms. The Morgan fingerprint density at radius 1 is 1.21 bits per heavy atom. The van der Waals surface area contributed by atoms with Crippen LogP contribution in [0, 0.1) is 0 Å². The Morgan fingerprint density at radius 3 is 2.58 bits per heavy atom. The standard InChI is InChI=1S/C16H17NO2/c1-11(2)19-16-7-6-13(9-15(16)12(3)18)14-5-4-8-17-10-14/h4-11H,1-3H3. The van der Waals surface area contributed by atoms with Crippen LogP contribution in [0.1, 0.15) is 31.1 Å². The van der Waals surface area contributed by atoms with Crippen molar-refractivity contribution in [2.24, 2.45) is 0 Å². The summed E-state index contributed by atoms with van der Waals surface area (Å²) >= 11 is 0. The molecular weight excluding hydrogens is 238 g/mol. The first-order valence-corrected chi connectivity index (χ1v) is 6.30. The fourth-order valence-corrected chi connectivity index (χ4v) is 1.87. The molecule has 0 saturated heterocycles. The second-order valence-electron chi connectivity index (χ2n) is 4.68. The van der Waals surface area contributed by atoms with Gasteiger partial charge in [0.2, 0.25) is 0 Å². The highest BCUT2D eigenvalue weighted by Crippen LogP contribution is 2.27. The number of carbonyl (C=O) groups is 1. The van der Waals surface area contributed by atoms with E-state index in [1.54, 1.807) is 19.3 Å². The van der Waals surface area contributed by atoms with Crippen LogP contribution in [0.15, 0.2) is 42.7 Å². The lowest BCUT2D eigenvalue weighted by molar-refractivity contribution is 0.101. The van der Waals surface area contributed by atoms with Gasteiger partial charge in [0.1, 0.15) is 5.75 Å². The van der Waals surface area contributed by atoms with Crippen LogP contribution in [0.2, 0.25) is 0 Å². The zero-order valence-electron chi connectivity index (χ0n) is 11.4. The number of hydrogen-bond acceptors (Lipinski definition) is 3. The van der Waals surface area contributed by atoms with Crippen LogP contribution in [-0.2, 0) is 0 Å². The van der Waals surface area contributed by atoms with Crippen molar-refractivity contribution in [1.29, 1.82) is 0 Å². The molecular formula is C16H17NO2. The van der Waals surface area contributed by atoms with E-state index >= 15 is 0 Å². The normalized spacial score (nSPS) is 10.5. The van der Waals surface area contributed by atoms with Crippen LogP contribution in [0.5, 0.6) is 5.75 Å². The maximum Gasteiger partial charge on any atom is 0.163 e. The van der Waals surface area contributed by atoms with Crippen LogP contribution in [0.4, 0.5) is 0 Å². The summed E-state index contributed by atoms with van der Waals surface area (Å²) in [6.07, 6.45) is 3.55. The lowest BCUT2D eigenvalue weighted by Crippen LogP contribution is -2.09. The molecule has 98 valence electrons. The van der Waals surface area contributed by atoms with E-state index in [0.29, 0.717) is 11.3 Å². The Morgan fingerprint density at radius 2 is 2.00 bits per heavy atom. The number of ketones is 1. The minimum absolute atomic E-state index is 0.00129. The number of rotatable bonds is 4. The fourth-order valence-electron chi connectivity index (χ4n) is 1.87. The zero-order valence-corrected chi connectivity index (χ0v) is 11.4. The first kappa shape index (κ1) is 13.3. The Balaban J connectivity index is 2.45. The first-order chi connectivity index (χ1) is 9.08. The topological polar surface area (TPSA) is 39.2 Å². The molecule has 0 saturated carbocycles. The highest BCUT2D eigenvalue weighted by molar-refractivity contribution is 5.98. The van der Waals surface area contributed by atoms with E-state index in [1.165, 1.54) is 0 Å². The Kier molecular flexibility index (Phi) is 3.95. The largest absolute Gasteiger partial charge is 0.490 e. The zero-order chi connectivity index (χ0) is 13.8. The molecule has 2 rings (SSSR count). The van der Waals surface area contributed by atoms with Crippen LogP contribution in [0.25, 0.3) is 11.1 Å². The van der Waals surface area contributed by atoms with E-state index in [2.05, 4.69) is 4.98 Å². The molecule has 0 bridgehead atoms. The number of benzene rings is 1. The van der Waals surface area contributed by atoms with Crippen LogP contribution >= 0.6 is 0 Å². The SMILES string of the molecule is CC(=O)c1cc(-c2cccnc2)ccc1OC(C)C. The molecule has 1 aromatic carbocycles. The summed E-state index contributed by atoms with van der Waals surface area (Å²) in [6.45, 7) is 5.44. The molecule has 2 aromatic rings. The summed E-state index contributed by atoms with van der Waals surface area (Å²) in [6, 6.07) is 9.49. The molecule has 1 heterocycles. The Bertz CT molecular complexity index is 577. The van der Waals surface area contributed by atoms with Gasteiger partial charge in [-0.2, -0.15) is 0 Å². The number of ether oxygens (including phenoxy) is 1. The molecule has 0 radical (unpaired) electrons. The number of carbonyl (C=O) groups excluding carboxylic acids is 1. The van der Waals surface area contributed by atoms with Crippen LogP contribution < -0.4 is 4.74 Å². The van der Waals surface area contributed by atoms with Crippen molar-refractivity contribution in [3.63, 3.8) is 0 Å². The summed E-state index contributed by atoms with van der Waals surface area (Å²) in [5, 5.41) is 0.